The lowest BCUT2D eigenvalue weighted by Crippen LogP contribution is -2.45. The molecule has 25 heavy (non-hydrogen) atoms. The molecule has 1 N–H and O–H groups in total. The van der Waals surface area contributed by atoms with E-state index in [1.807, 2.05) is 13.8 Å². The first kappa shape index (κ1) is 18.1. The average molecular weight is 364 g/mol. The second-order valence-electron chi connectivity index (χ2n) is 7.73. The van der Waals surface area contributed by atoms with Crippen molar-refractivity contribution in [1.82, 2.24) is 4.72 Å². The van der Waals surface area contributed by atoms with Crippen LogP contribution >= 0.6 is 0 Å². The zero-order valence-corrected chi connectivity index (χ0v) is 15.2. The maximum absolute atomic E-state index is 12.6. The highest BCUT2D eigenvalue weighted by atomic mass is 32.2. The number of ketones is 1. The molecule has 0 heterocycles. The van der Waals surface area contributed by atoms with Crippen molar-refractivity contribution in [2.75, 3.05) is 5.75 Å². The first-order valence-corrected chi connectivity index (χ1v) is 10.0. The Morgan fingerprint density at radius 1 is 1.28 bits per heavy atom. The van der Waals surface area contributed by atoms with Gasteiger partial charge >= 0.3 is 0 Å². The van der Waals surface area contributed by atoms with Crippen LogP contribution in [0.3, 0.4) is 0 Å². The molecule has 0 aliphatic heterocycles. The minimum Gasteiger partial charge on any atom is -0.545 e. The number of fused-ring (bicyclic) bond motifs is 2. The van der Waals surface area contributed by atoms with E-state index in [1.165, 1.54) is 12.1 Å². The number of carbonyl (C=O) groups excluding carboxylic acids is 2. The van der Waals surface area contributed by atoms with Gasteiger partial charge in [-0.25, -0.2) is 13.1 Å². The van der Waals surface area contributed by atoms with Crippen LogP contribution in [0.4, 0.5) is 0 Å². The number of aromatic carboxylic acids is 1. The van der Waals surface area contributed by atoms with Crippen molar-refractivity contribution < 1.29 is 23.1 Å². The maximum Gasteiger partial charge on any atom is 0.212 e. The Balaban J connectivity index is 1.70. The van der Waals surface area contributed by atoms with Gasteiger partial charge < -0.3 is 9.90 Å². The van der Waals surface area contributed by atoms with Crippen molar-refractivity contribution in [3.05, 3.63) is 35.4 Å². The van der Waals surface area contributed by atoms with Crippen molar-refractivity contribution >= 4 is 21.8 Å². The van der Waals surface area contributed by atoms with Gasteiger partial charge in [-0.15, -0.1) is 0 Å². The molecule has 2 saturated carbocycles. The molecule has 0 aromatic heterocycles. The van der Waals surface area contributed by atoms with Crippen LogP contribution < -0.4 is 9.83 Å². The average Bonchev–Trinajstić information content (AvgIpc) is 2.87. The molecular formula is C18H22NO5S-. The lowest BCUT2D eigenvalue weighted by Gasteiger charge is -2.36. The molecule has 0 unspecified atom stereocenters. The molecule has 0 amide bonds. The highest BCUT2D eigenvalue weighted by Crippen LogP contribution is 2.64. The van der Waals surface area contributed by atoms with Crippen molar-refractivity contribution in [3.63, 3.8) is 0 Å². The maximum atomic E-state index is 12.6. The Morgan fingerprint density at radius 2 is 1.92 bits per heavy atom. The fraction of sp³-hybridized carbons (Fsp3) is 0.556. The zero-order valence-electron chi connectivity index (χ0n) is 14.4. The summed E-state index contributed by atoms with van der Waals surface area (Å²) in [5.74, 6) is -1.12. The lowest BCUT2D eigenvalue weighted by molar-refractivity contribution is -0.255. The minimum atomic E-state index is -3.64. The third kappa shape index (κ3) is 3.00. The van der Waals surface area contributed by atoms with Crippen LogP contribution in [0.15, 0.2) is 24.3 Å². The molecule has 7 heteroatoms. The molecule has 136 valence electrons. The predicted molar refractivity (Wildman–Crippen MR) is 90.0 cm³/mol. The molecule has 1 aromatic carbocycles. The molecule has 0 saturated heterocycles. The van der Waals surface area contributed by atoms with Gasteiger partial charge in [0.25, 0.3) is 0 Å². The van der Waals surface area contributed by atoms with Crippen LogP contribution in [-0.4, -0.2) is 25.9 Å². The number of carboxylic acid groups (broad SMARTS) is 1. The van der Waals surface area contributed by atoms with Crippen LogP contribution in [-0.2, 0) is 21.4 Å². The van der Waals surface area contributed by atoms with Crippen molar-refractivity contribution in [2.45, 2.75) is 39.7 Å². The summed E-state index contributed by atoms with van der Waals surface area (Å²) in [4.78, 5) is 23.2. The van der Waals surface area contributed by atoms with E-state index in [-0.39, 0.29) is 35.0 Å². The summed E-state index contributed by atoms with van der Waals surface area (Å²) < 4.78 is 27.7. The van der Waals surface area contributed by atoms with E-state index in [4.69, 9.17) is 0 Å². The van der Waals surface area contributed by atoms with Crippen LogP contribution in [0.25, 0.3) is 0 Å². The molecule has 6 nitrogen and oxygen atoms in total. The topological polar surface area (TPSA) is 103 Å². The van der Waals surface area contributed by atoms with E-state index in [2.05, 4.69) is 4.72 Å². The summed E-state index contributed by atoms with van der Waals surface area (Å²) in [6.45, 7) is 4.07. The third-order valence-corrected chi connectivity index (χ3v) is 7.72. The number of hydrogen-bond acceptors (Lipinski definition) is 5. The summed E-state index contributed by atoms with van der Waals surface area (Å²) in [7, 11) is -3.64. The van der Waals surface area contributed by atoms with Crippen LogP contribution in [0.1, 0.15) is 49.0 Å². The molecule has 3 rings (SSSR count). The van der Waals surface area contributed by atoms with E-state index >= 15 is 0 Å². The van der Waals surface area contributed by atoms with Gasteiger partial charge in [0.05, 0.1) is 11.7 Å². The van der Waals surface area contributed by atoms with Gasteiger partial charge in [-0.1, -0.05) is 38.1 Å². The smallest absolute Gasteiger partial charge is 0.212 e. The van der Waals surface area contributed by atoms with E-state index in [9.17, 15) is 23.1 Å². The third-order valence-electron chi connectivity index (χ3n) is 6.26. The van der Waals surface area contributed by atoms with Gasteiger partial charge in [0.15, 0.2) is 0 Å². The van der Waals surface area contributed by atoms with Gasteiger partial charge in [0.1, 0.15) is 5.78 Å². The number of sulfonamides is 1. The second-order valence-corrected chi connectivity index (χ2v) is 9.54. The Labute approximate surface area is 147 Å². The number of benzene rings is 1. The fourth-order valence-corrected chi connectivity index (χ4v) is 6.25. The summed E-state index contributed by atoms with van der Waals surface area (Å²) in [6, 6.07) is 5.84. The van der Waals surface area contributed by atoms with Crippen molar-refractivity contribution in [3.8, 4) is 0 Å². The summed E-state index contributed by atoms with van der Waals surface area (Å²) in [5, 5.41) is 10.7. The normalized spacial score (nSPS) is 27.6. The standard InChI is InChI=1S/C18H23NO5S/c1-17(2)14-7-8-18(17,15(20)9-14)11-25(23,24)19-10-12-3-5-13(6-4-12)16(21)22/h3-6,14,19H,7-11H2,1-2H3,(H,21,22)/p-1/t14-,18+/m0/s1. The fourth-order valence-electron chi connectivity index (χ4n) is 4.44. The summed E-state index contributed by atoms with van der Waals surface area (Å²) in [5.41, 5.74) is -0.398. The van der Waals surface area contributed by atoms with Crippen LogP contribution in [0.5, 0.6) is 0 Å². The van der Waals surface area contributed by atoms with Crippen LogP contribution in [0.2, 0.25) is 0 Å². The number of rotatable bonds is 6. The van der Waals surface area contributed by atoms with Crippen LogP contribution in [0, 0.1) is 16.7 Å². The van der Waals surface area contributed by atoms with Gasteiger partial charge in [0.2, 0.25) is 10.0 Å². The SMILES string of the molecule is CC1(C)[C@H]2CC[C@@]1(CS(=O)(=O)NCc1ccc(C(=O)[O-])cc1)C(=O)C2. The monoisotopic (exact) mass is 364 g/mol. The van der Waals surface area contributed by atoms with Crippen molar-refractivity contribution in [2.24, 2.45) is 16.7 Å². The summed E-state index contributed by atoms with van der Waals surface area (Å²) >= 11 is 0. The highest BCUT2D eigenvalue weighted by molar-refractivity contribution is 7.89. The number of hydrogen-bond donors (Lipinski definition) is 1. The van der Waals surface area contributed by atoms with Gasteiger partial charge in [0, 0.05) is 18.4 Å². The van der Waals surface area contributed by atoms with E-state index < -0.39 is 21.4 Å². The van der Waals surface area contributed by atoms with E-state index in [0.717, 1.165) is 6.42 Å². The number of Topliss-reactive ketones (excluding diaryl/α,β-unsaturated/α-hetero) is 1. The lowest BCUT2D eigenvalue weighted by atomic mass is 9.70. The van der Waals surface area contributed by atoms with E-state index in [0.29, 0.717) is 18.4 Å². The predicted octanol–water partition coefficient (Wildman–Crippen LogP) is 0.865. The highest BCUT2D eigenvalue weighted by Gasteiger charge is 2.65. The Morgan fingerprint density at radius 3 is 2.40 bits per heavy atom. The molecular weight excluding hydrogens is 342 g/mol. The molecule has 2 fully saturated rings. The molecule has 2 aliphatic carbocycles. The van der Waals surface area contributed by atoms with Gasteiger partial charge in [-0.2, -0.15) is 0 Å². The van der Waals surface area contributed by atoms with E-state index in [1.54, 1.807) is 12.1 Å². The number of carboxylic acids is 1. The Bertz CT molecular complexity index is 812. The number of nitrogens with one attached hydrogen (secondary N) is 1. The molecule has 0 radical (unpaired) electrons. The Kier molecular flexibility index (Phi) is 4.28. The minimum absolute atomic E-state index is 0.0424. The molecule has 2 bridgehead atoms. The Hall–Kier alpha value is -1.73. The molecule has 2 aliphatic rings. The quantitative estimate of drug-likeness (QED) is 0.806. The molecule has 0 spiro atoms. The first-order chi connectivity index (χ1) is 11.6. The summed E-state index contributed by atoms with van der Waals surface area (Å²) in [6.07, 6.45) is 2.01. The second kappa shape index (κ2) is 5.92. The van der Waals surface area contributed by atoms with Gasteiger partial charge in [-0.3, -0.25) is 4.79 Å². The molecule has 1 aromatic rings. The zero-order chi connectivity index (χ0) is 18.5. The number of carbonyl (C=O) groups is 2. The van der Waals surface area contributed by atoms with Crippen molar-refractivity contribution in [1.29, 1.82) is 0 Å². The molecule has 2 atom stereocenters. The van der Waals surface area contributed by atoms with Gasteiger partial charge in [-0.05, 0) is 35.3 Å². The first-order valence-electron chi connectivity index (χ1n) is 8.38. The largest absolute Gasteiger partial charge is 0.545 e.